The number of sulfonamides is 1. The summed E-state index contributed by atoms with van der Waals surface area (Å²) in [6.07, 6.45) is 0. The molecule has 0 amide bonds. The van der Waals surface area contributed by atoms with Gasteiger partial charge in [-0.05, 0) is 32.8 Å². The number of thiophene rings is 1. The molecule has 1 aromatic heterocycles. The lowest BCUT2D eigenvalue weighted by molar-refractivity contribution is 0.457. The molecule has 102 valence electrons. The van der Waals surface area contributed by atoms with Gasteiger partial charge in [0.05, 0.1) is 8.81 Å². The van der Waals surface area contributed by atoms with Crippen LogP contribution >= 0.6 is 38.9 Å². The molecule has 0 radical (unpaired) electrons. The lowest BCUT2D eigenvalue weighted by Gasteiger charge is -2.05. The predicted octanol–water partition coefficient (Wildman–Crippen LogP) is 3.88. The molecule has 18 heavy (non-hydrogen) atoms. The van der Waals surface area contributed by atoms with Gasteiger partial charge in [-0.1, -0.05) is 39.3 Å². The van der Waals surface area contributed by atoms with Crippen LogP contribution in [0.1, 0.15) is 27.7 Å². The number of hydrogen-bond acceptors (Lipinski definition) is 3. The Morgan fingerprint density at radius 1 is 1.33 bits per heavy atom. The zero-order valence-corrected chi connectivity index (χ0v) is 14.5. The second kappa shape index (κ2) is 4.19. The fourth-order valence-electron chi connectivity index (χ4n) is 2.16. The average molecular weight is 373 g/mol. The molecule has 1 heterocycles. The van der Waals surface area contributed by atoms with Crippen molar-refractivity contribution in [3.8, 4) is 0 Å². The van der Waals surface area contributed by atoms with E-state index in [0.717, 1.165) is 11.3 Å². The van der Waals surface area contributed by atoms with E-state index in [2.05, 4.69) is 48.3 Å². The maximum Gasteiger partial charge on any atom is 0.250 e. The Morgan fingerprint density at radius 2 is 1.83 bits per heavy atom. The maximum absolute atomic E-state index is 12.2. The van der Waals surface area contributed by atoms with Crippen LogP contribution in [0.3, 0.4) is 0 Å². The highest BCUT2D eigenvalue weighted by atomic mass is 79.9. The molecule has 1 aromatic rings. The summed E-state index contributed by atoms with van der Waals surface area (Å²) in [7, 11) is -3.49. The third kappa shape index (κ3) is 2.16. The van der Waals surface area contributed by atoms with Crippen LogP contribution in [-0.2, 0) is 10.0 Å². The van der Waals surface area contributed by atoms with Gasteiger partial charge in [-0.15, -0.1) is 11.3 Å². The molecular formula is C11H15BrClNO2S2. The minimum absolute atomic E-state index is 0.0294. The number of nitrogens with one attached hydrogen (secondary N) is 1. The van der Waals surface area contributed by atoms with Gasteiger partial charge in [0.15, 0.2) is 0 Å². The average Bonchev–Trinajstić information content (AvgIpc) is 2.53. The molecule has 0 atom stereocenters. The zero-order chi connectivity index (χ0) is 13.9. The summed E-state index contributed by atoms with van der Waals surface area (Å²) in [4.78, 5) is 0. The van der Waals surface area contributed by atoms with Gasteiger partial charge >= 0.3 is 0 Å². The standard InChI is InChI=1S/C11H15BrClNO2S2/c1-10(2)9(11(10,3)4)14-18(15,16)7-5-6(13)8(12)17-7/h5,9,14H,1-4H3. The second-order valence-corrected chi connectivity index (χ2v) is 10.4. The third-order valence-corrected chi connectivity index (χ3v) is 8.55. The molecule has 1 saturated carbocycles. The fraction of sp³-hybridized carbons (Fsp3) is 0.636. The lowest BCUT2D eigenvalue weighted by Crippen LogP contribution is -2.29. The summed E-state index contributed by atoms with van der Waals surface area (Å²) in [5.74, 6) is 0. The molecule has 0 unspecified atom stereocenters. The van der Waals surface area contributed by atoms with E-state index in [1.807, 2.05) is 0 Å². The van der Waals surface area contributed by atoms with Gasteiger partial charge in [0, 0.05) is 6.04 Å². The van der Waals surface area contributed by atoms with Crippen LogP contribution in [0.25, 0.3) is 0 Å². The summed E-state index contributed by atoms with van der Waals surface area (Å²) in [6, 6.07) is 1.43. The van der Waals surface area contributed by atoms with Crippen molar-refractivity contribution in [1.29, 1.82) is 0 Å². The molecule has 3 nitrogen and oxygen atoms in total. The Labute approximate surface area is 125 Å². The molecule has 0 aliphatic heterocycles. The Bertz CT molecular complexity index is 559. The van der Waals surface area contributed by atoms with Gasteiger partial charge in [0.2, 0.25) is 10.0 Å². The van der Waals surface area contributed by atoms with Gasteiger partial charge in [0.25, 0.3) is 0 Å². The monoisotopic (exact) mass is 371 g/mol. The van der Waals surface area contributed by atoms with Crippen LogP contribution in [0.5, 0.6) is 0 Å². The molecule has 0 aromatic carbocycles. The highest BCUT2D eigenvalue weighted by Gasteiger charge is 2.66. The van der Waals surface area contributed by atoms with Gasteiger partial charge < -0.3 is 0 Å². The molecule has 0 spiro atoms. The second-order valence-electron chi connectivity index (χ2n) is 5.68. The molecular weight excluding hydrogens is 358 g/mol. The van der Waals surface area contributed by atoms with Crippen LogP contribution in [0.2, 0.25) is 5.02 Å². The van der Waals surface area contributed by atoms with E-state index in [4.69, 9.17) is 11.6 Å². The van der Waals surface area contributed by atoms with Gasteiger partial charge in [-0.25, -0.2) is 13.1 Å². The highest BCUT2D eigenvalue weighted by Crippen LogP contribution is 2.63. The first-order valence-electron chi connectivity index (χ1n) is 5.47. The zero-order valence-electron chi connectivity index (χ0n) is 10.5. The van der Waals surface area contributed by atoms with E-state index in [-0.39, 0.29) is 21.1 Å². The number of rotatable bonds is 3. The quantitative estimate of drug-likeness (QED) is 0.875. The third-order valence-electron chi connectivity index (χ3n) is 4.18. The minimum Gasteiger partial charge on any atom is -0.206 e. The molecule has 0 bridgehead atoms. The predicted molar refractivity (Wildman–Crippen MR) is 78.7 cm³/mol. The molecule has 2 rings (SSSR count). The van der Waals surface area contributed by atoms with E-state index >= 15 is 0 Å². The lowest BCUT2D eigenvalue weighted by atomic mass is 10.0. The number of hydrogen-bond donors (Lipinski definition) is 1. The van der Waals surface area contributed by atoms with Crippen LogP contribution in [0, 0.1) is 10.8 Å². The summed E-state index contributed by atoms with van der Waals surface area (Å²) in [5.41, 5.74) is -0.0588. The van der Waals surface area contributed by atoms with Crippen molar-refractivity contribution in [2.24, 2.45) is 10.8 Å². The van der Waals surface area contributed by atoms with E-state index in [1.54, 1.807) is 0 Å². The van der Waals surface area contributed by atoms with Crippen molar-refractivity contribution in [3.05, 3.63) is 14.9 Å². The van der Waals surface area contributed by atoms with Gasteiger partial charge in [0.1, 0.15) is 4.21 Å². The first kappa shape index (κ1) is 14.8. The summed E-state index contributed by atoms with van der Waals surface area (Å²) in [5, 5.41) is 0.426. The first-order valence-corrected chi connectivity index (χ1v) is 8.94. The summed E-state index contributed by atoms with van der Waals surface area (Å²) in [6.45, 7) is 8.27. The summed E-state index contributed by atoms with van der Waals surface area (Å²) < 4.78 is 28.1. The number of halogens is 2. The van der Waals surface area contributed by atoms with Crippen molar-refractivity contribution in [3.63, 3.8) is 0 Å². The Kier molecular flexibility index (Phi) is 3.44. The van der Waals surface area contributed by atoms with Crippen LogP contribution < -0.4 is 4.72 Å². The maximum atomic E-state index is 12.2. The van der Waals surface area contributed by atoms with E-state index in [9.17, 15) is 8.42 Å². The highest BCUT2D eigenvalue weighted by molar-refractivity contribution is 9.11. The first-order chi connectivity index (χ1) is 8.00. The normalized spacial score (nSPS) is 22.1. The molecule has 1 fully saturated rings. The fourth-order valence-corrected chi connectivity index (χ4v) is 6.11. The van der Waals surface area contributed by atoms with Crippen molar-refractivity contribution in [2.75, 3.05) is 0 Å². The van der Waals surface area contributed by atoms with Crippen molar-refractivity contribution in [1.82, 2.24) is 4.72 Å². The van der Waals surface area contributed by atoms with Gasteiger partial charge in [-0.2, -0.15) is 0 Å². The Hall–Kier alpha value is 0.380. The van der Waals surface area contributed by atoms with Crippen LogP contribution in [0.4, 0.5) is 0 Å². The van der Waals surface area contributed by atoms with Crippen LogP contribution in [-0.4, -0.2) is 14.5 Å². The SMILES string of the molecule is CC1(C)C(NS(=O)(=O)c2cc(Cl)c(Br)s2)C1(C)C. The Morgan fingerprint density at radius 3 is 2.17 bits per heavy atom. The van der Waals surface area contributed by atoms with Crippen LogP contribution in [0.15, 0.2) is 14.1 Å². The molecule has 0 saturated heterocycles. The molecule has 7 heteroatoms. The molecule has 1 N–H and O–H groups in total. The smallest absolute Gasteiger partial charge is 0.206 e. The molecule has 1 aliphatic rings. The topological polar surface area (TPSA) is 46.2 Å². The largest absolute Gasteiger partial charge is 0.250 e. The van der Waals surface area contributed by atoms with E-state index < -0.39 is 10.0 Å². The minimum atomic E-state index is -3.49. The van der Waals surface area contributed by atoms with E-state index in [1.165, 1.54) is 6.07 Å². The van der Waals surface area contributed by atoms with E-state index in [0.29, 0.717) is 8.81 Å². The van der Waals surface area contributed by atoms with Crippen molar-refractivity contribution < 1.29 is 8.42 Å². The van der Waals surface area contributed by atoms with Crippen molar-refractivity contribution >= 4 is 48.9 Å². The van der Waals surface area contributed by atoms with Gasteiger partial charge in [-0.3, -0.25) is 0 Å². The van der Waals surface area contributed by atoms with Crippen molar-refractivity contribution in [2.45, 2.75) is 37.9 Å². The Balaban J connectivity index is 2.25. The molecule has 1 aliphatic carbocycles. The summed E-state index contributed by atoms with van der Waals surface area (Å²) >= 11 is 10.2.